The molecule has 0 aliphatic heterocycles. The second-order valence-corrected chi connectivity index (χ2v) is 10.3. The highest BCUT2D eigenvalue weighted by Crippen LogP contribution is 2.37. The molecule has 2 aromatic carbocycles. The topological polar surface area (TPSA) is 27.1 Å². The average molecular weight is 487 g/mol. The van der Waals surface area contributed by atoms with Gasteiger partial charge in [0.2, 0.25) is 0 Å². The first-order valence-corrected chi connectivity index (χ1v) is 12.6. The third-order valence-electron chi connectivity index (χ3n) is 5.60. The van der Waals surface area contributed by atoms with Gasteiger partial charge in [0.1, 0.15) is 16.6 Å². The molecule has 4 rings (SSSR count). The largest absolute Gasteiger partial charge is 0.493 e. The van der Waals surface area contributed by atoms with E-state index in [0.29, 0.717) is 22.6 Å². The maximum atomic E-state index is 6.27. The molecular weight excluding hydrogens is 459 g/mol. The smallest absolute Gasteiger partial charge is 0.122 e. The summed E-state index contributed by atoms with van der Waals surface area (Å²) in [5.41, 5.74) is 3.68. The summed E-state index contributed by atoms with van der Waals surface area (Å²) in [7, 11) is 2.07. The van der Waals surface area contributed by atoms with Gasteiger partial charge in [0, 0.05) is 34.0 Å². The minimum Gasteiger partial charge on any atom is -0.493 e. The Kier molecular flexibility index (Phi) is 7.55. The van der Waals surface area contributed by atoms with E-state index in [9.17, 15) is 0 Å². The Labute approximate surface area is 204 Å². The number of allylic oxidation sites excluding steroid dienone is 1. The summed E-state index contributed by atoms with van der Waals surface area (Å²) in [4.78, 5) is 5.98. The molecule has 0 N–H and O–H groups in total. The van der Waals surface area contributed by atoms with Gasteiger partial charge in [-0.15, -0.1) is 0 Å². The first-order chi connectivity index (χ1) is 15.4. The van der Waals surface area contributed by atoms with Crippen LogP contribution in [0.1, 0.15) is 55.3 Å². The Morgan fingerprint density at radius 2 is 1.88 bits per heavy atom. The molecule has 0 saturated heterocycles. The van der Waals surface area contributed by atoms with Crippen LogP contribution in [-0.2, 0) is 24.6 Å². The summed E-state index contributed by atoms with van der Waals surface area (Å²) in [5, 5.41) is 2.39. The van der Waals surface area contributed by atoms with Crippen LogP contribution in [0.4, 0.5) is 0 Å². The molecule has 1 aliphatic carbocycles. The van der Waals surface area contributed by atoms with Crippen molar-refractivity contribution in [3.63, 3.8) is 0 Å². The molecule has 0 bridgehead atoms. The molecule has 6 heteroatoms. The van der Waals surface area contributed by atoms with Crippen molar-refractivity contribution in [2.75, 3.05) is 6.61 Å². The Balaban J connectivity index is 1.51. The van der Waals surface area contributed by atoms with E-state index in [2.05, 4.69) is 55.8 Å². The van der Waals surface area contributed by atoms with E-state index in [0.717, 1.165) is 52.9 Å². The lowest BCUT2D eigenvalue weighted by Crippen LogP contribution is -2.05. The molecule has 1 aromatic heterocycles. The van der Waals surface area contributed by atoms with Crippen molar-refractivity contribution >= 4 is 40.7 Å². The lowest BCUT2D eigenvalue weighted by molar-refractivity contribution is 0.276. The number of imidazole rings is 1. The van der Waals surface area contributed by atoms with Gasteiger partial charge in [-0.1, -0.05) is 73.1 Å². The molecule has 168 valence electrons. The van der Waals surface area contributed by atoms with Gasteiger partial charge in [-0.25, -0.2) is 4.98 Å². The molecule has 3 aromatic rings. The fraction of sp³-hybridized carbons (Fsp3) is 0.346. The first-order valence-electron chi connectivity index (χ1n) is 11.0. The molecule has 1 aliphatic rings. The van der Waals surface area contributed by atoms with E-state index in [-0.39, 0.29) is 0 Å². The Bertz CT molecular complexity index is 1120. The normalized spacial score (nSPS) is 13.6. The second-order valence-electron chi connectivity index (χ2n) is 8.36. The van der Waals surface area contributed by atoms with Crippen molar-refractivity contribution in [3.05, 3.63) is 81.2 Å². The van der Waals surface area contributed by atoms with E-state index in [1.165, 1.54) is 11.1 Å². The van der Waals surface area contributed by atoms with Crippen LogP contribution in [-0.4, -0.2) is 16.2 Å². The number of nitrogens with zero attached hydrogens (tertiary/aromatic N) is 2. The number of hydrogen-bond donors (Lipinski definition) is 0. The van der Waals surface area contributed by atoms with Crippen LogP contribution in [0, 0.1) is 0 Å². The predicted molar refractivity (Wildman–Crippen MR) is 135 cm³/mol. The molecule has 0 saturated carbocycles. The fourth-order valence-corrected chi connectivity index (χ4v) is 5.85. The van der Waals surface area contributed by atoms with Crippen molar-refractivity contribution in [2.24, 2.45) is 7.05 Å². The summed E-state index contributed by atoms with van der Waals surface area (Å²) < 4.78 is 8.45. The second kappa shape index (κ2) is 10.4. The minimum atomic E-state index is 0.310. The summed E-state index contributed by atoms with van der Waals surface area (Å²) in [6.07, 6.45) is 6.29. The lowest BCUT2D eigenvalue weighted by Gasteiger charge is -2.13. The number of aryl methyl sites for hydroxylation is 1. The number of halogens is 2. The number of fused-ring (bicyclic) bond motifs is 1. The minimum absolute atomic E-state index is 0.310. The zero-order valence-corrected chi connectivity index (χ0v) is 21.0. The Morgan fingerprint density at radius 1 is 1.12 bits per heavy atom. The standard InChI is InChI=1S/C26H28Cl2N2OS/c1-17(2)25-26(32-21-15-19(27)14-20(28)16-21)30(3)24(29-25)12-13-31-23-11-7-5-9-18-8-4-6-10-22(18)23/h4,6,8,10-11,14-17H,5,7,9,12-13H2,1-3H3. The van der Waals surface area contributed by atoms with Crippen LogP contribution >= 0.6 is 35.0 Å². The monoisotopic (exact) mass is 486 g/mol. The van der Waals surface area contributed by atoms with Gasteiger partial charge in [-0.05, 0) is 55.0 Å². The number of aromatic nitrogens is 2. The highest BCUT2D eigenvalue weighted by atomic mass is 35.5. The molecule has 3 nitrogen and oxygen atoms in total. The van der Waals surface area contributed by atoms with Gasteiger partial charge >= 0.3 is 0 Å². The van der Waals surface area contributed by atoms with Gasteiger partial charge < -0.3 is 9.30 Å². The predicted octanol–water partition coefficient (Wildman–Crippen LogP) is 7.94. The van der Waals surface area contributed by atoms with Gasteiger partial charge in [0.05, 0.1) is 12.3 Å². The average Bonchev–Trinajstić information content (AvgIpc) is 2.92. The number of ether oxygens (including phenoxy) is 1. The van der Waals surface area contributed by atoms with Crippen LogP contribution in [0.2, 0.25) is 10.0 Å². The van der Waals surface area contributed by atoms with Gasteiger partial charge in [-0.2, -0.15) is 0 Å². The van der Waals surface area contributed by atoms with E-state index in [4.69, 9.17) is 32.9 Å². The summed E-state index contributed by atoms with van der Waals surface area (Å²) in [5.74, 6) is 2.33. The number of benzene rings is 2. The number of rotatable bonds is 7. The highest BCUT2D eigenvalue weighted by Gasteiger charge is 2.19. The maximum Gasteiger partial charge on any atom is 0.122 e. The summed E-state index contributed by atoms with van der Waals surface area (Å²) in [6, 6.07) is 14.2. The zero-order valence-electron chi connectivity index (χ0n) is 18.7. The SMILES string of the molecule is CC(C)c1nc(CCOC2=CCCCc3ccccc32)n(C)c1Sc1cc(Cl)cc(Cl)c1. The van der Waals surface area contributed by atoms with Crippen LogP contribution in [0.15, 0.2) is 58.5 Å². The third-order valence-corrected chi connectivity index (χ3v) is 7.19. The molecule has 32 heavy (non-hydrogen) atoms. The maximum absolute atomic E-state index is 6.27. The quantitative estimate of drug-likeness (QED) is 0.339. The fourth-order valence-electron chi connectivity index (χ4n) is 3.97. The number of hydrogen-bond acceptors (Lipinski definition) is 3. The van der Waals surface area contributed by atoms with Gasteiger partial charge in [0.25, 0.3) is 0 Å². The molecule has 0 spiro atoms. The Morgan fingerprint density at radius 3 is 2.62 bits per heavy atom. The molecule has 0 unspecified atom stereocenters. The van der Waals surface area contributed by atoms with E-state index in [1.54, 1.807) is 17.8 Å². The molecule has 0 fully saturated rings. The van der Waals surface area contributed by atoms with Crippen molar-refractivity contribution in [1.82, 2.24) is 9.55 Å². The Hall–Kier alpha value is -1.88. The highest BCUT2D eigenvalue weighted by molar-refractivity contribution is 7.99. The van der Waals surface area contributed by atoms with Crippen molar-refractivity contribution in [1.29, 1.82) is 0 Å². The van der Waals surface area contributed by atoms with Crippen LogP contribution in [0.5, 0.6) is 0 Å². The molecule has 0 atom stereocenters. The molecule has 0 radical (unpaired) electrons. The van der Waals surface area contributed by atoms with Crippen LogP contribution < -0.4 is 0 Å². The van der Waals surface area contributed by atoms with Gasteiger partial charge in [0.15, 0.2) is 0 Å². The van der Waals surface area contributed by atoms with E-state index >= 15 is 0 Å². The molecule has 1 heterocycles. The van der Waals surface area contributed by atoms with Crippen LogP contribution in [0.25, 0.3) is 5.76 Å². The summed E-state index contributed by atoms with van der Waals surface area (Å²) in [6.45, 7) is 4.94. The van der Waals surface area contributed by atoms with Crippen molar-refractivity contribution in [3.8, 4) is 0 Å². The van der Waals surface area contributed by atoms with Crippen molar-refractivity contribution in [2.45, 2.75) is 55.4 Å². The zero-order chi connectivity index (χ0) is 22.7. The third kappa shape index (κ3) is 5.36. The molecular formula is C26H28Cl2N2OS. The van der Waals surface area contributed by atoms with Crippen LogP contribution in [0.3, 0.4) is 0 Å². The van der Waals surface area contributed by atoms with Gasteiger partial charge in [-0.3, -0.25) is 0 Å². The summed E-state index contributed by atoms with van der Waals surface area (Å²) >= 11 is 14.1. The molecule has 0 amide bonds. The first kappa shape index (κ1) is 23.3. The van der Waals surface area contributed by atoms with E-state index in [1.807, 2.05) is 12.1 Å². The van der Waals surface area contributed by atoms with Crippen molar-refractivity contribution < 1.29 is 4.74 Å². The lowest BCUT2D eigenvalue weighted by atomic mass is 10.0. The van der Waals surface area contributed by atoms with E-state index < -0.39 is 0 Å².